The summed E-state index contributed by atoms with van der Waals surface area (Å²) >= 11 is 0. The molecule has 118 valence electrons. The van der Waals surface area contributed by atoms with E-state index < -0.39 is 6.10 Å². The van der Waals surface area contributed by atoms with Gasteiger partial charge in [-0.25, -0.2) is 0 Å². The largest absolute Gasteiger partial charge is 0.481 e. The molecule has 0 bridgehead atoms. The number of carbonyl (C=O) groups excluding carboxylic acids is 1. The molecule has 4 nitrogen and oxygen atoms in total. The lowest BCUT2D eigenvalue weighted by Gasteiger charge is -2.15. The third kappa shape index (κ3) is 4.95. The molecule has 0 aliphatic carbocycles. The van der Waals surface area contributed by atoms with Crippen LogP contribution in [0.2, 0.25) is 0 Å². The Morgan fingerprint density at radius 3 is 2.64 bits per heavy atom. The van der Waals surface area contributed by atoms with Gasteiger partial charge in [0.1, 0.15) is 11.5 Å². The third-order valence-corrected chi connectivity index (χ3v) is 3.36. The maximum Gasteiger partial charge on any atom is 0.260 e. The van der Waals surface area contributed by atoms with Crippen LogP contribution >= 0.6 is 0 Å². The Balaban J connectivity index is 1.74. The zero-order valence-electron chi connectivity index (χ0n) is 13.4. The number of rotatable bonds is 7. The lowest BCUT2D eigenvalue weighted by Crippen LogP contribution is -2.36. The summed E-state index contributed by atoms with van der Waals surface area (Å²) in [5.41, 5.74) is 2.25. The molecule has 4 heteroatoms. The molecule has 22 heavy (non-hydrogen) atoms. The Morgan fingerprint density at radius 2 is 2.00 bits per heavy atom. The van der Waals surface area contributed by atoms with E-state index in [1.165, 1.54) is 0 Å². The van der Waals surface area contributed by atoms with E-state index in [4.69, 9.17) is 9.15 Å². The van der Waals surface area contributed by atoms with Crippen LogP contribution in [0.25, 0.3) is 0 Å². The number of nitrogens with one attached hydrogen (secondary N) is 1. The molecule has 1 aromatic carbocycles. The maximum atomic E-state index is 12.0. The first-order valence-corrected chi connectivity index (χ1v) is 7.59. The minimum absolute atomic E-state index is 0.0985. The molecule has 0 aliphatic heterocycles. The number of amides is 1. The second-order valence-corrected chi connectivity index (χ2v) is 5.56. The van der Waals surface area contributed by atoms with Crippen molar-refractivity contribution < 1.29 is 13.9 Å². The number of hydrogen-bond donors (Lipinski definition) is 1. The molecule has 2 aromatic rings. The van der Waals surface area contributed by atoms with Crippen molar-refractivity contribution in [2.45, 2.75) is 39.7 Å². The first-order chi connectivity index (χ1) is 10.5. The molecule has 0 radical (unpaired) electrons. The van der Waals surface area contributed by atoms with Gasteiger partial charge in [-0.2, -0.15) is 0 Å². The van der Waals surface area contributed by atoms with E-state index in [-0.39, 0.29) is 5.91 Å². The molecular weight excluding hydrogens is 278 g/mol. The Bertz CT molecular complexity index is 585. The van der Waals surface area contributed by atoms with Crippen molar-refractivity contribution in [2.24, 2.45) is 0 Å². The monoisotopic (exact) mass is 301 g/mol. The van der Waals surface area contributed by atoms with Gasteiger partial charge in [-0.15, -0.1) is 0 Å². The van der Waals surface area contributed by atoms with E-state index >= 15 is 0 Å². The standard InChI is InChI=1S/C18H23NO3/c1-13-10-14(2)12-17(11-13)22-15(3)18(20)19-8-4-6-16-7-5-9-21-16/h5,7,9-12,15H,4,6,8H2,1-3H3,(H,19,20). The molecule has 0 spiro atoms. The number of aryl methyl sites for hydroxylation is 3. The third-order valence-electron chi connectivity index (χ3n) is 3.36. The van der Waals surface area contributed by atoms with Crippen LogP contribution in [0.1, 0.15) is 30.2 Å². The quantitative estimate of drug-likeness (QED) is 0.797. The summed E-state index contributed by atoms with van der Waals surface area (Å²) in [6.07, 6.45) is 2.81. The summed E-state index contributed by atoms with van der Waals surface area (Å²) in [6, 6.07) is 9.76. The average molecular weight is 301 g/mol. The molecule has 1 unspecified atom stereocenters. The van der Waals surface area contributed by atoms with E-state index in [0.717, 1.165) is 35.5 Å². The van der Waals surface area contributed by atoms with Crippen LogP contribution in [-0.4, -0.2) is 18.6 Å². The minimum Gasteiger partial charge on any atom is -0.481 e. The van der Waals surface area contributed by atoms with Crippen molar-refractivity contribution in [3.05, 3.63) is 53.5 Å². The van der Waals surface area contributed by atoms with Crippen LogP contribution < -0.4 is 10.1 Å². The molecule has 0 saturated heterocycles. The summed E-state index contributed by atoms with van der Waals surface area (Å²) in [6.45, 7) is 6.40. The van der Waals surface area contributed by atoms with Gasteiger partial charge < -0.3 is 14.5 Å². The zero-order valence-corrected chi connectivity index (χ0v) is 13.4. The van der Waals surface area contributed by atoms with Crippen LogP contribution in [0.15, 0.2) is 41.0 Å². The lowest BCUT2D eigenvalue weighted by atomic mass is 10.1. The van der Waals surface area contributed by atoms with Crippen LogP contribution in [0.4, 0.5) is 0 Å². The topological polar surface area (TPSA) is 51.5 Å². The van der Waals surface area contributed by atoms with E-state index in [9.17, 15) is 4.79 Å². The first kappa shape index (κ1) is 16.1. The van der Waals surface area contributed by atoms with Gasteiger partial charge in [0.2, 0.25) is 0 Å². The fraction of sp³-hybridized carbons (Fsp3) is 0.389. The van der Waals surface area contributed by atoms with Gasteiger partial charge in [0, 0.05) is 13.0 Å². The molecule has 0 fully saturated rings. The zero-order chi connectivity index (χ0) is 15.9. The van der Waals surface area contributed by atoms with Crippen LogP contribution in [0, 0.1) is 13.8 Å². The average Bonchev–Trinajstić information content (AvgIpc) is 2.95. The Kier molecular flexibility index (Phi) is 5.64. The summed E-state index contributed by atoms with van der Waals surface area (Å²) in [7, 11) is 0. The normalized spacial score (nSPS) is 12.0. The van der Waals surface area contributed by atoms with Crippen molar-refractivity contribution in [1.29, 1.82) is 0 Å². The highest BCUT2D eigenvalue weighted by Crippen LogP contribution is 2.17. The van der Waals surface area contributed by atoms with Gasteiger partial charge in [-0.05, 0) is 62.6 Å². The second kappa shape index (κ2) is 7.69. The van der Waals surface area contributed by atoms with E-state index in [1.807, 2.05) is 38.1 Å². The number of hydrogen-bond acceptors (Lipinski definition) is 3. The minimum atomic E-state index is -0.509. The SMILES string of the molecule is Cc1cc(C)cc(OC(C)C(=O)NCCCc2ccco2)c1. The lowest BCUT2D eigenvalue weighted by molar-refractivity contribution is -0.127. The summed E-state index contributed by atoms with van der Waals surface area (Å²) in [5, 5.41) is 2.89. The van der Waals surface area contributed by atoms with Crippen LogP contribution in [0.3, 0.4) is 0 Å². The molecule has 1 N–H and O–H groups in total. The maximum absolute atomic E-state index is 12.0. The van der Waals surface area contributed by atoms with Crippen molar-refractivity contribution >= 4 is 5.91 Å². The van der Waals surface area contributed by atoms with Crippen molar-refractivity contribution in [2.75, 3.05) is 6.54 Å². The molecule has 1 heterocycles. The molecule has 2 rings (SSSR count). The van der Waals surface area contributed by atoms with Gasteiger partial charge >= 0.3 is 0 Å². The molecule has 1 amide bonds. The smallest absolute Gasteiger partial charge is 0.260 e. The number of furan rings is 1. The number of ether oxygens (including phenoxy) is 1. The highest BCUT2D eigenvalue weighted by atomic mass is 16.5. The van der Waals surface area contributed by atoms with Crippen molar-refractivity contribution in [1.82, 2.24) is 5.32 Å². The van der Waals surface area contributed by atoms with Gasteiger partial charge in [-0.1, -0.05) is 6.07 Å². The fourth-order valence-electron chi connectivity index (χ4n) is 2.33. The molecular formula is C18H23NO3. The van der Waals surface area contributed by atoms with Gasteiger partial charge in [-0.3, -0.25) is 4.79 Å². The van der Waals surface area contributed by atoms with E-state index in [2.05, 4.69) is 11.4 Å². The van der Waals surface area contributed by atoms with Crippen molar-refractivity contribution in [3.63, 3.8) is 0 Å². The predicted molar refractivity (Wildman–Crippen MR) is 86.0 cm³/mol. The van der Waals surface area contributed by atoms with E-state index in [0.29, 0.717) is 6.54 Å². The van der Waals surface area contributed by atoms with Crippen molar-refractivity contribution in [3.8, 4) is 5.75 Å². The first-order valence-electron chi connectivity index (χ1n) is 7.59. The summed E-state index contributed by atoms with van der Waals surface area (Å²) in [5.74, 6) is 1.57. The van der Waals surface area contributed by atoms with Crippen LogP contribution in [0.5, 0.6) is 5.75 Å². The molecule has 0 saturated carbocycles. The predicted octanol–water partition coefficient (Wildman–Crippen LogP) is 3.41. The van der Waals surface area contributed by atoms with E-state index in [1.54, 1.807) is 13.2 Å². The van der Waals surface area contributed by atoms with Gasteiger partial charge in [0.25, 0.3) is 5.91 Å². The Hall–Kier alpha value is -2.23. The van der Waals surface area contributed by atoms with Gasteiger partial charge in [0.05, 0.1) is 6.26 Å². The van der Waals surface area contributed by atoms with Gasteiger partial charge in [0.15, 0.2) is 6.10 Å². The summed E-state index contributed by atoms with van der Waals surface area (Å²) in [4.78, 5) is 12.0. The number of benzene rings is 1. The Morgan fingerprint density at radius 1 is 1.27 bits per heavy atom. The molecule has 1 aromatic heterocycles. The fourth-order valence-corrected chi connectivity index (χ4v) is 2.33. The number of carbonyl (C=O) groups is 1. The molecule has 0 aliphatic rings. The molecule has 1 atom stereocenters. The summed E-state index contributed by atoms with van der Waals surface area (Å²) < 4.78 is 11.0. The van der Waals surface area contributed by atoms with Crippen LogP contribution in [-0.2, 0) is 11.2 Å². The Labute approximate surface area is 131 Å². The second-order valence-electron chi connectivity index (χ2n) is 5.56. The highest BCUT2D eigenvalue weighted by Gasteiger charge is 2.14. The highest BCUT2D eigenvalue weighted by molar-refractivity contribution is 5.80.